The molecule has 2 amide bonds. The highest BCUT2D eigenvalue weighted by molar-refractivity contribution is 5.93. The molecule has 0 aliphatic rings. The number of rotatable bonds is 7. The van der Waals surface area contributed by atoms with E-state index in [1.54, 1.807) is 51.1 Å². The lowest BCUT2D eigenvalue weighted by atomic mass is 10.1. The highest BCUT2D eigenvalue weighted by atomic mass is 19.1. The van der Waals surface area contributed by atoms with E-state index in [4.69, 9.17) is 9.47 Å². The van der Waals surface area contributed by atoms with Crippen molar-refractivity contribution in [3.05, 3.63) is 65.5 Å². The van der Waals surface area contributed by atoms with Gasteiger partial charge in [-0.3, -0.25) is 10.1 Å². The Morgan fingerprint density at radius 1 is 1.03 bits per heavy atom. The van der Waals surface area contributed by atoms with E-state index in [1.165, 1.54) is 18.2 Å². The van der Waals surface area contributed by atoms with Gasteiger partial charge in [0.2, 0.25) is 0 Å². The van der Waals surface area contributed by atoms with Gasteiger partial charge in [0.1, 0.15) is 11.4 Å². The molecule has 0 aromatic heterocycles. The maximum Gasteiger partial charge on any atom is 0.412 e. The van der Waals surface area contributed by atoms with E-state index in [2.05, 4.69) is 10.6 Å². The van der Waals surface area contributed by atoms with Crippen molar-refractivity contribution >= 4 is 23.7 Å². The summed E-state index contributed by atoms with van der Waals surface area (Å²) >= 11 is 0. The van der Waals surface area contributed by atoms with E-state index >= 15 is 0 Å². The van der Waals surface area contributed by atoms with Crippen LogP contribution in [0, 0.1) is 5.82 Å². The summed E-state index contributed by atoms with van der Waals surface area (Å²) in [5.74, 6) is -1.55. The predicted molar refractivity (Wildman–Crippen MR) is 110 cm³/mol. The molecule has 0 saturated carbocycles. The normalized spacial score (nSPS) is 10.8. The zero-order valence-electron chi connectivity index (χ0n) is 17.2. The molecule has 160 valence electrons. The topological polar surface area (TPSA) is 93.7 Å². The van der Waals surface area contributed by atoms with Gasteiger partial charge < -0.3 is 14.8 Å². The lowest BCUT2D eigenvalue weighted by Gasteiger charge is -2.19. The summed E-state index contributed by atoms with van der Waals surface area (Å²) in [6.45, 7) is 4.96. The summed E-state index contributed by atoms with van der Waals surface area (Å²) in [7, 11) is 0. The van der Waals surface area contributed by atoms with Crippen LogP contribution in [0.5, 0.6) is 0 Å². The number of benzene rings is 2. The first-order chi connectivity index (χ1) is 14.1. The van der Waals surface area contributed by atoms with Gasteiger partial charge in [0, 0.05) is 12.2 Å². The molecular weight excluding hydrogens is 391 g/mol. The average Bonchev–Trinajstić information content (AvgIpc) is 2.66. The van der Waals surface area contributed by atoms with Crippen LogP contribution in [0.1, 0.15) is 36.7 Å². The van der Waals surface area contributed by atoms with Gasteiger partial charge >= 0.3 is 12.1 Å². The molecule has 0 radical (unpaired) electrons. The van der Waals surface area contributed by atoms with Crippen LogP contribution in [0.4, 0.5) is 14.9 Å². The van der Waals surface area contributed by atoms with Crippen LogP contribution in [0.2, 0.25) is 0 Å². The number of esters is 1. The number of hydrogen-bond acceptors (Lipinski definition) is 5. The summed E-state index contributed by atoms with van der Waals surface area (Å²) < 4.78 is 23.7. The molecule has 0 aliphatic carbocycles. The molecule has 2 aromatic rings. The number of carbonyl (C=O) groups excluding carboxylic acids is 3. The zero-order valence-corrected chi connectivity index (χ0v) is 17.2. The fourth-order valence-corrected chi connectivity index (χ4v) is 2.45. The Labute approximate surface area is 174 Å². The number of ether oxygens (including phenoxy) is 2. The highest BCUT2D eigenvalue weighted by Gasteiger charge is 2.17. The van der Waals surface area contributed by atoms with E-state index < -0.39 is 30.2 Å². The van der Waals surface area contributed by atoms with Gasteiger partial charge in [0.05, 0.1) is 5.56 Å². The number of halogens is 1. The molecule has 0 heterocycles. The number of nitrogens with one attached hydrogen (secondary N) is 2. The van der Waals surface area contributed by atoms with E-state index in [1.807, 2.05) is 0 Å². The van der Waals surface area contributed by atoms with Gasteiger partial charge in [0.25, 0.3) is 5.91 Å². The molecule has 0 atom stereocenters. The SMILES string of the molecule is CC(C)(C)OC(=O)Nc1cccc(C(=O)OCC(=O)NCCc2ccccc2F)c1. The Bertz CT molecular complexity index is 908. The van der Waals surface area contributed by atoms with Gasteiger partial charge in [0.15, 0.2) is 6.61 Å². The molecule has 8 heteroatoms. The second kappa shape index (κ2) is 10.4. The number of amides is 2. The first kappa shape index (κ1) is 22.9. The summed E-state index contributed by atoms with van der Waals surface area (Å²) in [5.41, 5.74) is 0.361. The lowest BCUT2D eigenvalue weighted by molar-refractivity contribution is -0.124. The Morgan fingerprint density at radius 2 is 1.77 bits per heavy atom. The van der Waals surface area contributed by atoms with Gasteiger partial charge in [-0.25, -0.2) is 14.0 Å². The van der Waals surface area contributed by atoms with Crippen molar-refractivity contribution in [3.63, 3.8) is 0 Å². The molecular formula is C22H25FN2O5. The third kappa shape index (κ3) is 7.90. The minimum Gasteiger partial charge on any atom is -0.452 e. The number of anilines is 1. The van der Waals surface area contributed by atoms with Crippen molar-refractivity contribution in [2.75, 3.05) is 18.5 Å². The summed E-state index contributed by atoms with van der Waals surface area (Å²) in [5, 5.41) is 5.10. The summed E-state index contributed by atoms with van der Waals surface area (Å²) in [6.07, 6.45) is -0.327. The smallest absolute Gasteiger partial charge is 0.412 e. The molecule has 0 unspecified atom stereocenters. The van der Waals surface area contributed by atoms with Gasteiger partial charge in [-0.15, -0.1) is 0 Å². The summed E-state index contributed by atoms with van der Waals surface area (Å²) in [6, 6.07) is 12.4. The van der Waals surface area contributed by atoms with E-state index in [-0.39, 0.29) is 17.9 Å². The Balaban J connectivity index is 1.79. The molecule has 0 saturated heterocycles. The monoisotopic (exact) mass is 416 g/mol. The van der Waals surface area contributed by atoms with Gasteiger partial charge in [-0.1, -0.05) is 24.3 Å². The second-order valence-corrected chi connectivity index (χ2v) is 7.48. The van der Waals surface area contributed by atoms with Crippen molar-refractivity contribution in [1.82, 2.24) is 5.32 Å². The Kier molecular flexibility index (Phi) is 7.91. The van der Waals surface area contributed by atoms with Crippen LogP contribution in [-0.4, -0.2) is 36.7 Å². The second-order valence-electron chi connectivity index (χ2n) is 7.48. The molecule has 0 aliphatic heterocycles. The standard InChI is InChI=1S/C22H25FN2O5/c1-22(2,3)30-21(28)25-17-9-6-8-16(13-17)20(27)29-14-19(26)24-12-11-15-7-4-5-10-18(15)23/h4-10,13H,11-12,14H2,1-3H3,(H,24,26)(H,25,28). The fourth-order valence-electron chi connectivity index (χ4n) is 2.45. The maximum absolute atomic E-state index is 13.5. The van der Waals surface area contributed by atoms with Crippen LogP contribution in [-0.2, 0) is 20.7 Å². The van der Waals surface area contributed by atoms with Crippen molar-refractivity contribution < 1.29 is 28.2 Å². The molecule has 2 N–H and O–H groups in total. The average molecular weight is 416 g/mol. The minimum absolute atomic E-state index is 0.169. The minimum atomic E-state index is -0.716. The van der Waals surface area contributed by atoms with Crippen LogP contribution < -0.4 is 10.6 Å². The third-order valence-electron chi connectivity index (χ3n) is 3.75. The van der Waals surface area contributed by atoms with Crippen molar-refractivity contribution in [1.29, 1.82) is 0 Å². The van der Waals surface area contributed by atoms with Crippen LogP contribution in [0.25, 0.3) is 0 Å². The van der Waals surface area contributed by atoms with Crippen molar-refractivity contribution in [2.45, 2.75) is 32.8 Å². The predicted octanol–water partition coefficient (Wildman–Crippen LogP) is 3.69. The van der Waals surface area contributed by atoms with Gasteiger partial charge in [-0.2, -0.15) is 0 Å². The van der Waals surface area contributed by atoms with Crippen LogP contribution in [0.3, 0.4) is 0 Å². The Hall–Kier alpha value is -3.42. The number of hydrogen-bond donors (Lipinski definition) is 2. The van der Waals surface area contributed by atoms with E-state index in [0.29, 0.717) is 17.7 Å². The highest BCUT2D eigenvalue weighted by Crippen LogP contribution is 2.14. The molecule has 30 heavy (non-hydrogen) atoms. The third-order valence-corrected chi connectivity index (χ3v) is 3.75. The number of carbonyl (C=O) groups is 3. The molecule has 0 fully saturated rings. The molecule has 2 aromatic carbocycles. The van der Waals surface area contributed by atoms with Crippen molar-refractivity contribution in [3.8, 4) is 0 Å². The van der Waals surface area contributed by atoms with E-state index in [0.717, 1.165) is 0 Å². The van der Waals surface area contributed by atoms with Crippen LogP contribution >= 0.6 is 0 Å². The maximum atomic E-state index is 13.5. The van der Waals surface area contributed by atoms with Gasteiger partial charge in [-0.05, 0) is 57.0 Å². The first-order valence-corrected chi connectivity index (χ1v) is 9.41. The van der Waals surface area contributed by atoms with Crippen molar-refractivity contribution in [2.24, 2.45) is 0 Å². The zero-order chi connectivity index (χ0) is 22.1. The Morgan fingerprint density at radius 3 is 2.47 bits per heavy atom. The first-order valence-electron chi connectivity index (χ1n) is 9.41. The lowest BCUT2D eigenvalue weighted by Crippen LogP contribution is -2.30. The molecule has 0 spiro atoms. The fraction of sp³-hybridized carbons (Fsp3) is 0.318. The van der Waals surface area contributed by atoms with E-state index in [9.17, 15) is 18.8 Å². The summed E-state index contributed by atoms with van der Waals surface area (Å²) in [4.78, 5) is 35.8. The van der Waals surface area contributed by atoms with Crippen LogP contribution in [0.15, 0.2) is 48.5 Å². The quantitative estimate of drug-likeness (QED) is 0.672. The molecule has 0 bridgehead atoms. The molecule has 2 rings (SSSR count). The molecule has 7 nitrogen and oxygen atoms in total. The largest absolute Gasteiger partial charge is 0.452 e.